The molecule has 2 rings (SSSR count). The third kappa shape index (κ3) is 1.70. The summed E-state index contributed by atoms with van der Waals surface area (Å²) in [7, 11) is 5.83. The van der Waals surface area contributed by atoms with E-state index in [4.69, 9.17) is 7.85 Å². The lowest BCUT2D eigenvalue weighted by Crippen LogP contribution is -2.20. The van der Waals surface area contributed by atoms with Crippen molar-refractivity contribution in [1.82, 2.24) is 0 Å². The summed E-state index contributed by atoms with van der Waals surface area (Å²) >= 11 is 0. The highest BCUT2D eigenvalue weighted by molar-refractivity contribution is 6.11. The Bertz CT molecular complexity index is 264. The average molecular weight is 192 g/mol. The molecule has 4 heteroatoms. The predicted octanol–water partition coefficient (Wildman–Crippen LogP) is 1.22. The second-order valence-corrected chi connectivity index (χ2v) is 4.22. The Morgan fingerprint density at radius 1 is 1.00 bits per heavy atom. The fourth-order valence-corrected chi connectivity index (χ4v) is 2.36. The number of esters is 2. The first kappa shape index (κ1) is 9.75. The molecule has 1 aliphatic carbocycles. The van der Waals surface area contributed by atoms with Crippen molar-refractivity contribution in [2.24, 2.45) is 11.8 Å². The van der Waals surface area contributed by atoms with Gasteiger partial charge in [0.2, 0.25) is 0 Å². The third-order valence-electron chi connectivity index (χ3n) is 3.23. The molecule has 3 unspecified atom stereocenters. The number of ether oxygens (including phenoxy) is 1. The van der Waals surface area contributed by atoms with E-state index in [1.54, 1.807) is 0 Å². The minimum atomic E-state index is -0.339. The molecule has 3 atom stereocenters. The highest BCUT2D eigenvalue weighted by atomic mass is 16.6. The molecule has 0 amide bonds. The third-order valence-corrected chi connectivity index (χ3v) is 3.23. The van der Waals surface area contributed by atoms with Crippen LogP contribution >= 0.6 is 0 Å². The molecule has 1 saturated carbocycles. The summed E-state index contributed by atoms with van der Waals surface area (Å²) < 4.78 is 4.64. The van der Waals surface area contributed by atoms with Gasteiger partial charge in [0.15, 0.2) is 0 Å². The maximum absolute atomic E-state index is 11.3. The molecule has 0 aromatic carbocycles. The summed E-state index contributed by atoms with van der Waals surface area (Å²) in [4.78, 5) is 22.6. The summed E-state index contributed by atoms with van der Waals surface area (Å²) in [5, 5.41) is 0. The molecule has 0 aromatic heterocycles. The van der Waals surface area contributed by atoms with Crippen LogP contribution < -0.4 is 0 Å². The van der Waals surface area contributed by atoms with Gasteiger partial charge in [-0.25, -0.2) is 0 Å². The maximum atomic E-state index is 11.3. The SMILES string of the molecule is [B]C1CCCC2C(=O)OC(=O)C2CC1. The van der Waals surface area contributed by atoms with E-state index >= 15 is 0 Å². The zero-order chi connectivity index (χ0) is 10.1. The number of carbonyl (C=O) groups is 2. The lowest BCUT2D eigenvalue weighted by Gasteiger charge is -2.20. The smallest absolute Gasteiger partial charge is 0.317 e. The van der Waals surface area contributed by atoms with E-state index in [1.807, 2.05) is 0 Å². The Kier molecular flexibility index (Phi) is 2.61. The molecule has 2 aliphatic rings. The molecule has 0 aromatic rings. The normalized spacial score (nSPS) is 38.4. The van der Waals surface area contributed by atoms with Crippen LogP contribution in [0.2, 0.25) is 5.82 Å². The monoisotopic (exact) mass is 192 g/mol. The lowest BCUT2D eigenvalue weighted by molar-refractivity contribution is -0.153. The first-order valence-corrected chi connectivity index (χ1v) is 5.19. The molecule has 1 saturated heterocycles. The van der Waals surface area contributed by atoms with Crippen molar-refractivity contribution in [3.8, 4) is 0 Å². The Morgan fingerprint density at radius 2 is 1.64 bits per heavy atom. The van der Waals surface area contributed by atoms with Gasteiger partial charge in [0.25, 0.3) is 0 Å². The predicted molar refractivity (Wildman–Crippen MR) is 50.7 cm³/mol. The van der Waals surface area contributed by atoms with E-state index in [-0.39, 0.29) is 29.6 Å². The average Bonchev–Trinajstić information content (AvgIpc) is 2.34. The lowest BCUT2D eigenvalue weighted by atomic mass is 9.73. The van der Waals surface area contributed by atoms with Crippen molar-refractivity contribution in [3.63, 3.8) is 0 Å². The van der Waals surface area contributed by atoms with Crippen molar-refractivity contribution < 1.29 is 14.3 Å². The van der Waals surface area contributed by atoms with Gasteiger partial charge in [0.05, 0.1) is 19.7 Å². The molecule has 1 heterocycles. The molecular weight excluding hydrogens is 179 g/mol. The van der Waals surface area contributed by atoms with Crippen LogP contribution in [0.1, 0.15) is 32.1 Å². The van der Waals surface area contributed by atoms with Gasteiger partial charge in [-0.3, -0.25) is 9.59 Å². The van der Waals surface area contributed by atoms with E-state index in [1.165, 1.54) is 0 Å². The molecule has 2 radical (unpaired) electrons. The highest BCUT2D eigenvalue weighted by Gasteiger charge is 2.43. The van der Waals surface area contributed by atoms with Crippen LogP contribution in [0.15, 0.2) is 0 Å². The highest BCUT2D eigenvalue weighted by Crippen LogP contribution is 2.36. The molecule has 14 heavy (non-hydrogen) atoms. The van der Waals surface area contributed by atoms with Gasteiger partial charge in [-0.15, -0.1) is 0 Å². The van der Waals surface area contributed by atoms with E-state index < -0.39 is 0 Å². The van der Waals surface area contributed by atoms with Gasteiger partial charge in [0.1, 0.15) is 0 Å². The molecule has 0 N–H and O–H groups in total. The second kappa shape index (κ2) is 3.75. The zero-order valence-corrected chi connectivity index (χ0v) is 8.07. The molecule has 0 spiro atoms. The Labute approximate surface area is 84.6 Å². The minimum absolute atomic E-state index is 0.180. The van der Waals surface area contributed by atoms with E-state index in [0.29, 0.717) is 6.42 Å². The Morgan fingerprint density at radius 3 is 2.36 bits per heavy atom. The number of rotatable bonds is 0. The second-order valence-electron chi connectivity index (χ2n) is 4.22. The van der Waals surface area contributed by atoms with Crippen LogP contribution in [0.3, 0.4) is 0 Å². The van der Waals surface area contributed by atoms with Crippen LogP contribution in [0, 0.1) is 11.8 Å². The van der Waals surface area contributed by atoms with Gasteiger partial charge in [-0.1, -0.05) is 25.1 Å². The van der Waals surface area contributed by atoms with Gasteiger partial charge in [-0.05, 0) is 12.8 Å². The van der Waals surface area contributed by atoms with Gasteiger partial charge < -0.3 is 4.74 Å². The van der Waals surface area contributed by atoms with Crippen molar-refractivity contribution in [3.05, 3.63) is 0 Å². The first-order chi connectivity index (χ1) is 6.68. The number of cyclic esters (lactones) is 2. The van der Waals surface area contributed by atoms with Crippen LogP contribution in [0.25, 0.3) is 0 Å². The Balaban J connectivity index is 2.09. The minimum Gasteiger partial charge on any atom is -0.393 e. The molecule has 1 aliphatic heterocycles. The molecule has 2 fully saturated rings. The van der Waals surface area contributed by atoms with Crippen LogP contribution in [0.5, 0.6) is 0 Å². The van der Waals surface area contributed by atoms with Gasteiger partial charge >= 0.3 is 11.9 Å². The van der Waals surface area contributed by atoms with Crippen molar-refractivity contribution in [2.45, 2.75) is 37.9 Å². The van der Waals surface area contributed by atoms with Crippen molar-refractivity contribution >= 4 is 19.8 Å². The molecule has 74 valence electrons. The number of hydrogen-bond donors (Lipinski definition) is 0. The van der Waals surface area contributed by atoms with E-state index in [0.717, 1.165) is 25.7 Å². The molecule has 3 nitrogen and oxygen atoms in total. The Hall–Kier alpha value is -0.795. The molecular formula is C10H13BO3. The number of fused-ring (bicyclic) bond motifs is 1. The largest absolute Gasteiger partial charge is 0.393 e. The maximum Gasteiger partial charge on any atom is 0.317 e. The fraction of sp³-hybridized carbons (Fsp3) is 0.800. The van der Waals surface area contributed by atoms with Gasteiger partial charge in [-0.2, -0.15) is 0 Å². The summed E-state index contributed by atoms with van der Waals surface area (Å²) in [6, 6.07) is 0. The summed E-state index contributed by atoms with van der Waals surface area (Å²) in [6.45, 7) is 0. The first-order valence-electron chi connectivity index (χ1n) is 5.19. The molecule has 0 bridgehead atoms. The summed E-state index contributed by atoms with van der Waals surface area (Å²) in [5.74, 6) is -0.882. The topological polar surface area (TPSA) is 43.4 Å². The summed E-state index contributed by atoms with van der Waals surface area (Å²) in [6.07, 6.45) is 4.15. The number of carbonyl (C=O) groups excluding carboxylic acids is 2. The standard InChI is InChI=1S/C10H13BO3/c11-6-2-1-3-7-8(5-4-6)10(13)14-9(7)12/h6-8H,1-5H2. The zero-order valence-electron chi connectivity index (χ0n) is 8.07. The van der Waals surface area contributed by atoms with Crippen molar-refractivity contribution in [1.29, 1.82) is 0 Å². The quantitative estimate of drug-likeness (QED) is 0.329. The van der Waals surface area contributed by atoms with Crippen LogP contribution in [0.4, 0.5) is 0 Å². The number of hydrogen-bond acceptors (Lipinski definition) is 3. The van der Waals surface area contributed by atoms with Gasteiger partial charge in [0, 0.05) is 0 Å². The van der Waals surface area contributed by atoms with Crippen LogP contribution in [-0.2, 0) is 14.3 Å². The summed E-state index contributed by atoms with van der Waals surface area (Å²) in [5.41, 5.74) is 0. The fourth-order valence-electron chi connectivity index (χ4n) is 2.36. The van der Waals surface area contributed by atoms with E-state index in [2.05, 4.69) is 4.74 Å². The van der Waals surface area contributed by atoms with Crippen molar-refractivity contribution in [2.75, 3.05) is 0 Å². The van der Waals surface area contributed by atoms with E-state index in [9.17, 15) is 9.59 Å². The van der Waals surface area contributed by atoms with Crippen LogP contribution in [-0.4, -0.2) is 19.8 Å².